The van der Waals surface area contributed by atoms with E-state index < -0.39 is 0 Å². The van der Waals surface area contributed by atoms with Crippen LogP contribution in [0.5, 0.6) is 0 Å². The molecule has 1 aliphatic rings. The lowest BCUT2D eigenvalue weighted by atomic mass is 9.75. The van der Waals surface area contributed by atoms with Crippen LogP contribution in [-0.2, 0) is 0 Å². The molecule has 3 rings (SSSR count). The summed E-state index contributed by atoms with van der Waals surface area (Å²) in [5.41, 5.74) is 9.78. The summed E-state index contributed by atoms with van der Waals surface area (Å²) in [5.74, 6) is 1.14. The molecule has 1 fully saturated rings. The minimum absolute atomic E-state index is 0. The lowest BCUT2D eigenvalue weighted by molar-refractivity contribution is 0.352. The number of aryl methyl sites for hydroxylation is 1. The van der Waals surface area contributed by atoms with Crippen LogP contribution in [0.3, 0.4) is 0 Å². The maximum absolute atomic E-state index is 5.97. The number of guanidine groups is 1. The van der Waals surface area contributed by atoms with E-state index >= 15 is 0 Å². The molecule has 3 N–H and O–H groups in total. The number of para-hydroxylation sites is 1. The second-order valence-electron chi connectivity index (χ2n) is 5.68. The third-order valence-electron chi connectivity index (χ3n) is 4.11. The van der Waals surface area contributed by atoms with E-state index in [1.807, 2.05) is 30.3 Å². The molecule has 1 aliphatic carbocycles. The minimum atomic E-state index is 0. The summed E-state index contributed by atoms with van der Waals surface area (Å²) in [4.78, 5) is 4.57. The fourth-order valence-electron chi connectivity index (χ4n) is 2.89. The molecule has 1 saturated carbocycles. The third kappa shape index (κ3) is 4.00. The van der Waals surface area contributed by atoms with E-state index in [0.29, 0.717) is 17.9 Å². The van der Waals surface area contributed by atoms with Crippen LogP contribution in [-0.4, -0.2) is 12.0 Å². The second kappa shape index (κ2) is 7.63. The van der Waals surface area contributed by atoms with E-state index in [1.165, 1.54) is 11.1 Å². The van der Waals surface area contributed by atoms with Crippen molar-refractivity contribution in [1.82, 2.24) is 0 Å². The molecule has 0 radical (unpaired) electrons. The van der Waals surface area contributed by atoms with E-state index in [2.05, 4.69) is 41.5 Å². The molecule has 2 aromatic carbocycles. The second-order valence-corrected chi connectivity index (χ2v) is 5.68. The van der Waals surface area contributed by atoms with Gasteiger partial charge in [0.25, 0.3) is 0 Å². The van der Waals surface area contributed by atoms with Gasteiger partial charge in [0.15, 0.2) is 5.96 Å². The van der Waals surface area contributed by atoms with E-state index in [4.69, 9.17) is 5.73 Å². The van der Waals surface area contributed by atoms with Crippen LogP contribution in [0.1, 0.15) is 29.9 Å². The first-order chi connectivity index (χ1) is 10.2. The zero-order chi connectivity index (χ0) is 14.7. The number of hydrogen-bond acceptors (Lipinski definition) is 1. The van der Waals surface area contributed by atoms with Crippen LogP contribution in [0.25, 0.3) is 0 Å². The molecule has 0 spiro atoms. The standard InChI is InChI=1S/C18H21N3.HI/c1-13-7-5-6-10-17(13)14-11-16(12-14)21-18(19)20-15-8-3-2-4-9-15;/h2-10,14,16H,11-12H2,1H3,(H3,19,20,21);1H. The Morgan fingerprint density at radius 2 is 1.68 bits per heavy atom. The minimum Gasteiger partial charge on any atom is -0.370 e. The molecule has 0 saturated heterocycles. The highest BCUT2D eigenvalue weighted by Gasteiger charge is 2.30. The number of benzene rings is 2. The number of aliphatic imine (C=N–C) groups is 1. The molecule has 0 unspecified atom stereocenters. The number of nitrogens with two attached hydrogens (primary N) is 1. The summed E-state index contributed by atoms with van der Waals surface area (Å²) in [5, 5.41) is 3.13. The van der Waals surface area contributed by atoms with Gasteiger partial charge in [-0.15, -0.1) is 24.0 Å². The Morgan fingerprint density at radius 3 is 2.36 bits per heavy atom. The smallest absolute Gasteiger partial charge is 0.193 e. The number of nitrogens with zero attached hydrogens (tertiary/aromatic N) is 1. The molecule has 0 aromatic heterocycles. The van der Waals surface area contributed by atoms with E-state index in [9.17, 15) is 0 Å². The SMILES string of the molecule is Cc1ccccc1C1CC(N=C(N)Nc2ccccc2)C1.I. The first-order valence-corrected chi connectivity index (χ1v) is 7.43. The average molecular weight is 407 g/mol. The number of halogens is 1. The number of nitrogens with one attached hydrogen (secondary N) is 1. The average Bonchev–Trinajstić information content (AvgIpc) is 2.45. The van der Waals surface area contributed by atoms with Gasteiger partial charge in [-0.1, -0.05) is 42.5 Å². The van der Waals surface area contributed by atoms with E-state index in [1.54, 1.807) is 0 Å². The predicted molar refractivity (Wildman–Crippen MR) is 104 cm³/mol. The predicted octanol–water partition coefficient (Wildman–Crippen LogP) is 4.29. The van der Waals surface area contributed by atoms with Crippen LogP contribution in [0, 0.1) is 6.92 Å². The Labute approximate surface area is 149 Å². The summed E-state index contributed by atoms with van der Waals surface area (Å²) in [7, 11) is 0. The zero-order valence-corrected chi connectivity index (χ0v) is 15.0. The van der Waals surface area contributed by atoms with E-state index in [-0.39, 0.29) is 24.0 Å². The Balaban J connectivity index is 0.00000176. The maximum Gasteiger partial charge on any atom is 0.193 e. The highest BCUT2D eigenvalue weighted by molar-refractivity contribution is 14.0. The van der Waals surface area contributed by atoms with Crippen LogP contribution in [0.15, 0.2) is 59.6 Å². The molecule has 0 aliphatic heterocycles. The molecular formula is C18H22IN3. The van der Waals surface area contributed by atoms with Crippen molar-refractivity contribution in [3.63, 3.8) is 0 Å². The number of rotatable bonds is 3. The van der Waals surface area contributed by atoms with Crippen LogP contribution in [0.2, 0.25) is 0 Å². The van der Waals surface area contributed by atoms with Gasteiger partial charge in [-0.25, -0.2) is 4.99 Å². The molecule has 0 atom stereocenters. The van der Waals surface area contributed by atoms with Crippen molar-refractivity contribution in [2.45, 2.75) is 31.7 Å². The monoisotopic (exact) mass is 407 g/mol. The fourth-order valence-corrected chi connectivity index (χ4v) is 2.89. The van der Waals surface area contributed by atoms with Gasteiger partial charge in [-0.2, -0.15) is 0 Å². The van der Waals surface area contributed by atoms with Crippen molar-refractivity contribution >= 4 is 35.6 Å². The lowest BCUT2D eigenvalue weighted by Crippen LogP contribution is -2.31. The van der Waals surface area contributed by atoms with Crippen molar-refractivity contribution in [1.29, 1.82) is 0 Å². The highest BCUT2D eigenvalue weighted by Crippen LogP contribution is 2.39. The van der Waals surface area contributed by atoms with Gasteiger partial charge in [0.1, 0.15) is 0 Å². The summed E-state index contributed by atoms with van der Waals surface area (Å²) in [6.07, 6.45) is 2.17. The Kier molecular flexibility index (Phi) is 5.83. The Hall–Kier alpha value is -1.56. The topological polar surface area (TPSA) is 50.4 Å². The summed E-state index contributed by atoms with van der Waals surface area (Å²) >= 11 is 0. The lowest BCUT2D eigenvalue weighted by Gasteiger charge is -2.34. The molecule has 116 valence electrons. The van der Waals surface area contributed by atoms with Crippen molar-refractivity contribution in [3.8, 4) is 0 Å². The summed E-state index contributed by atoms with van der Waals surface area (Å²) < 4.78 is 0. The van der Waals surface area contributed by atoms with Crippen molar-refractivity contribution in [3.05, 3.63) is 65.7 Å². The first kappa shape index (κ1) is 16.8. The van der Waals surface area contributed by atoms with Crippen LogP contribution < -0.4 is 11.1 Å². The van der Waals surface area contributed by atoms with Gasteiger partial charge >= 0.3 is 0 Å². The van der Waals surface area contributed by atoms with Crippen molar-refractivity contribution in [2.75, 3.05) is 5.32 Å². The first-order valence-electron chi connectivity index (χ1n) is 7.43. The number of hydrogen-bond donors (Lipinski definition) is 2. The molecule has 3 nitrogen and oxygen atoms in total. The molecular weight excluding hydrogens is 385 g/mol. The number of anilines is 1. The fraction of sp³-hybridized carbons (Fsp3) is 0.278. The Morgan fingerprint density at radius 1 is 1.05 bits per heavy atom. The third-order valence-corrected chi connectivity index (χ3v) is 4.11. The maximum atomic E-state index is 5.97. The molecule has 0 amide bonds. The van der Waals surface area contributed by atoms with Crippen molar-refractivity contribution in [2.24, 2.45) is 10.7 Å². The van der Waals surface area contributed by atoms with Gasteiger partial charge in [0, 0.05) is 5.69 Å². The van der Waals surface area contributed by atoms with Gasteiger partial charge in [0.05, 0.1) is 6.04 Å². The van der Waals surface area contributed by atoms with E-state index in [0.717, 1.165) is 18.5 Å². The Bertz CT molecular complexity index is 634. The van der Waals surface area contributed by atoms with Gasteiger partial charge in [0.2, 0.25) is 0 Å². The normalized spacial score (nSPS) is 20.7. The molecule has 22 heavy (non-hydrogen) atoms. The molecule has 0 bridgehead atoms. The van der Waals surface area contributed by atoms with Crippen LogP contribution >= 0.6 is 24.0 Å². The quantitative estimate of drug-likeness (QED) is 0.453. The zero-order valence-electron chi connectivity index (χ0n) is 12.7. The largest absolute Gasteiger partial charge is 0.370 e. The summed E-state index contributed by atoms with van der Waals surface area (Å²) in [6, 6.07) is 18.9. The van der Waals surface area contributed by atoms with Gasteiger partial charge < -0.3 is 11.1 Å². The molecule has 4 heteroatoms. The highest BCUT2D eigenvalue weighted by atomic mass is 127. The molecule has 0 heterocycles. The molecule has 2 aromatic rings. The van der Waals surface area contributed by atoms with Crippen molar-refractivity contribution < 1.29 is 0 Å². The summed E-state index contributed by atoms with van der Waals surface area (Å²) in [6.45, 7) is 2.18. The van der Waals surface area contributed by atoms with Crippen LogP contribution in [0.4, 0.5) is 5.69 Å². The van der Waals surface area contributed by atoms with Gasteiger partial charge in [-0.3, -0.25) is 0 Å². The van der Waals surface area contributed by atoms with Gasteiger partial charge in [-0.05, 0) is 48.9 Å².